The third-order valence-corrected chi connectivity index (χ3v) is 4.99. The number of rotatable bonds is 5. The summed E-state index contributed by atoms with van der Waals surface area (Å²) in [5.74, 6) is -0.167. The highest BCUT2D eigenvalue weighted by Crippen LogP contribution is 2.28. The Morgan fingerprint density at radius 2 is 2.12 bits per heavy atom. The summed E-state index contributed by atoms with van der Waals surface area (Å²) in [5, 5.41) is 11.8. The molecule has 0 aliphatic rings. The van der Waals surface area contributed by atoms with Crippen LogP contribution in [-0.2, 0) is 4.79 Å². The van der Waals surface area contributed by atoms with E-state index in [9.17, 15) is 14.9 Å². The molecule has 1 amide bonds. The molecular weight excluding hydrogens is 326 g/mol. The van der Waals surface area contributed by atoms with Gasteiger partial charge in [-0.15, -0.1) is 11.3 Å². The van der Waals surface area contributed by atoms with Gasteiger partial charge < -0.3 is 4.90 Å². The number of thiazole rings is 1. The summed E-state index contributed by atoms with van der Waals surface area (Å²) in [4.78, 5) is 29.8. The highest BCUT2D eigenvalue weighted by Gasteiger charge is 2.20. The maximum Gasteiger partial charge on any atom is 0.270 e. The van der Waals surface area contributed by atoms with Crippen molar-refractivity contribution in [3.05, 3.63) is 61.6 Å². The summed E-state index contributed by atoms with van der Waals surface area (Å²) in [6, 6.07) is 6.08. The van der Waals surface area contributed by atoms with Gasteiger partial charge in [0, 0.05) is 30.1 Å². The Kier molecular flexibility index (Phi) is 5.46. The van der Waals surface area contributed by atoms with Crippen LogP contribution >= 0.6 is 11.3 Å². The fourth-order valence-electron chi connectivity index (χ4n) is 2.33. The summed E-state index contributed by atoms with van der Waals surface area (Å²) < 4.78 is 0. The fraction of sp³-hybridized carbons (Fsp3) is 0.294. The van der Waals surface area contributed by atoms with Crippen LogP contribution in [0.4, 0.5) is 5.69 Å². The summed E-state index contributed by atoms with van der Waals surface area (Å²) in [5.41, 5.74) is 1.55. The van der Waals surface area contributed by atoms with Crippen LogP contribution in [0.5, 0.6) is 0 Å². The SMILES string of the molecule is Cc1nc(C)c(C(C)N(C)C(=O)C=Cc2cccc([N+](=O)[O-])c2)s1. The molecule has 2 aromatic rings. The van der Waals surface area contributed by atoms with Crippen LogP contribution in [0.15, 0.2) is 30.3 Å². The van der Waals surface area contributed by atoms with Gasteiger partial charge in [-0.05, 0) is 32.4 Å². The van der Waals surface area contributed by atoms with Crippen LogP contribution in [-0.4, -0.2) is 27.8 Å². The van der Waals surface area contributed by atoms with E-state index in [0.29, 0.717) is 5.56 Å². The Balaban J connectivity index is 2.12. The Labute approximate surface area is 144 Å². The monoisotopic (exact) mass is 345 g/mol. The molecule has 0 N–H and O–H groups in total. The largest absolute Gasteiger partial charge is 0.335 e. The first-order chi connectivity index (χ1) is 11.3. The van der Waals surface area contributed by atoms with Crippen molar-refractivity contribution in [3.8, 4) is 0 Å². The van der Waals surface area contributed by atoms with Gasteiger partial charge >= 0.3 is 0 Å². The fourth-order valence-corrected chi connectivity index (χ4v) is 3.35. The average molecular weight is 345 g/mol. The first kappa shape index (κ1) is 17.8. The van der Waals surface area contributed by atoms with Gasteiger partial charge in [0.25, 0.3) is 5.69 Å². The lowest BCUT2D eigenvalue weighted by atomic mass is 10.1. The van der Waals surface area contributed by atoms with Crippen molar-refractivity contribution in [3.63, 3.8) is 0 Å². The number of nitro benzene ring substituents is 1. The summed E-state index contributed by atoms with van der Waals surface area (Å²) in [6.07, 6.45) is 3.02. The Hall–Kier alpha value is -2.54. The molecule has 0 aliphatic heterocycles. The van der Waals surface area contributed by atoms with E-state index in [0.717, 1.165) is 15.6 Å². The summed E-state index contributed by atoms with van der Waals surface area (Å²) >= 11 is 1.58. The van der Waals surface area contributed by atoms with E-state index >= 15 is 0 Å². The molecule has 1 atom stereocenters. The molecule has 7 heteroatoms. The van der Waals surface area contributed by atoms with Crippen LogP contribution in [0.1, 0.15) is 34.1 Å². The van der Waals surface area contributed by atoms with Crippen molar-refractivity contribution in [1.82, 2.24) is 9.88 Å². The third-order valence-electron chi connectivity index (χ3n) is 3.75. The highest BCUT2D eigenvalue weighted by molar-refractivity contribution is 7.11. The Morgan fingerprint density at radius 1 is 1.42 bits per heavy atom. The molecule has 1 unspecified atom stereocenters. The number of carbonyl (C=O) groups is 1. The van der Waals surface area contributed by atoms with E-state index in [4.69, 9.17) is 0 Å². The molecule has 1 aromatic heterocycles. The minimum absolute atomic E-state index is 0.00193. The number of aromatic nitrogens is 1. The number of likely N-dealkylation sites (N-methyl/N-ethyl adjacent to an activating group) is 1. The molecule has 0 radical (unpaired) electrons. The Bertz CT molecular complexity index is 798. The number of benzene rings is 1. The van der Waals surface area contributed by atoms with E-state index in [1.54, 1.807) is 41.5 Å². The topological polar surface area (TPSA) is 76.3 Å². The van der Waals surface area contributed by atoms with Crippen LogP contribution in [0.25, 0.3) is 6.08 Å². The quantitative estimate of drug-likeness (QED) is 0.468. The first-order valence-electron chi connectivity index (χ1n) is 7.43. The number of non-ortho nitro benzene ring substituents is 1. The van der Waals surface area contributed by atoms with Gasteiger partial charge in [0.1, 0.15) is 0 Å². The second-order valence-corrected chi connectivity index (χ2v) is 6.73. The zero-order valence-electron chi connectivity index (χ0n) is 14.0. The average Bonchev–Trinajstić information content (AvgIpc) is 2.89. The van der Waals surface area contributed by atoms with Gasteiger partial charge in [-0.2, -0.15) is 0 Å². The number of nitro groups is 1. The van der Waals surface area contributed by atoms with Crippen molar-refractivity contribution in [2.45, 2.75) is 26.8 Å². The van der Waals surface area contributed by atoms with Crippen LogP contribution in [0.2, 0.25) is 0 Å². The van der Waals surface area contributed by atoms with E-state index in [2.05, 4.69) is 4.98 Å². The van der Waals surface area contributed by atoms with E-state index < -0.39 is 4.92 Å². The lowest BCUT2D eigenvalue weighted by Gasteiger charge is -2.23. The number of nitrogens with zero attached hydrogens (tertiary/aromatic N) is 3. The second kappa shape index (κ2) is 7.35. The van der Waals surface area contributed by atoms with Gasteiger partial charge in [-0.3, -0.25) is 14.9 Å². The lowest BCUT2D eigenvalue weighted by molar-refractivity contribution is -0.384. The number of aryl methyl sites for hydroxylation is 2. The number of carbonyl (C=O) groups excluding carboxylic acids is 1. The molecule has 2 rings (SSSR count). The molecule has 1 heterocycles. The number of amides is 1. The molecular formula is C17H19N3O3S. The van der Waals surface area contributed by atoms with Crippen LogP contribution in [0, 0.1) is 24.0 Å². The second-order valence-electron chi connectivity index (χ2n) is 5.49. The molecule has 0 spiro atoms. The number of hydrogen-bond acceptors (Lipinski definition) is 5. The van der Waals surface area contributed by atoms with Gasteiger partial charge in [0.05, 0.1) is 21.7 Å². The third kappa shape index (κ3) is 4.05. The van der Waals surface area contributed by atoms with Gasteiger partial charge in [-0.1, -0.05) is 12.1 Å². The van der Waals surface area contributed by atoms with Crippen molar-refractivity contribution in [1.29, 1.82) is 0 Å². The first-order valence-corrected chi connectivity index (χ1v) is 8.24. The van der Waals surface area contributed by atoms with Crippen molar-refractivity contribution < 1.29 is 9.72 Å². The molecule has 1 aromatic carbocycles. The van der Waals surface area contributed by atoms with Gasteiger partial charge in [-0.25, -0.2) is 4.98 Å². The molecule has 0 saturated heterocycles. The zero-order chi connectivity index (χ0) is 17.9. The Morgan fingerprint density at radius 3 is 2.71 bits per heavy atom. The molecule has 0 saturated carbocycles. The standard InChI is InChI=1S/C17H19N3O3S/c1-11-17(24-13(3)18-11)12(2)19(4)16(21)9-8-14-6-5-7-15(10-14)20(22)23/h5-10,12H,1-4H3. The van der Waals surface area contributed by atoms with Gasteiger partial charge in [0.15, 0.2) is 0 Å². The van der Waals surface area contributed by atoms with E-state index in [1.165, 1.54) is 18.2 Å². The van der Waals surface area contributed by atoms with Crippen LogP contribution in [0.3, 0.4) is 0 Å². The van der Waals surface area contributed by atoms with Crippen molar-refractivity contribution in [2.75, 3.05) is 7.05 Å². The van der Waals surface area contributed by atoms with Crippen molar-refractivity contribution >= 4 is 29.0 Å². The van der Waals surface area contributed by atoms with E-state index in [-0.39, 0.29) is 17.6 Å². The maximum absolute atomic E-state index is 12.4. The molecule has 0 bridgehead atoms. The molecule has 6 nitrogen and oxygen atoms in total. The predicted octanol–water partition coefficient (Wildman–Crippen LogP) is 3.90. The summed E-state index contributed by atoms with van der Waals surface area (Å²) in [7, 11) is 1.74. The lowest BCUT2D eigenvalue weighted by Crippen LogP contribution is -2.27. The molecule has 0 aliphatic carbocycles. The van der Waals surface area contributed by atoms with Crippen molar-refractivity contribution in [2.24, 2.45) is 0 Å². The highest BCUT2D eigenvalue weighted by atomic mass is 32.1. The molecule has 126 valence electrons. The minimum Gasteiger partial charge on any atom is -0.335 e. The normalized spacial score (nSPS) is 12.3. The summed E-state index contributed by atoms with van der Waals surface area (Å²) in [6.45, 7) is 5.84. The van der Waals surface area contributed by atoms with Crippen LogP contribution < -0.4 is 0 Å². The molecule has 24 heavy (non-hydrogen) atoms. The predicted molar refractivity (Wildman–Crippen MR) is 94.9 cm³/mol. The number of hydrogen-bond donors (Lipinski definition) is 0. The van der Waals surface area contributed by atoms with E-state index in [1.807, 2.05) is 20.8 Å². The zero-order valence-corrected chi connectivity index (χ0v) is 14.8. The maximum atomic E-state index is 12.4. The smallest absolute Gasteiger partial charge is 0.270 e. The minimum atomic E-state index is -0.456. The van der Waals surface area contributed by atoms with Gasteiger partial charge in [0.2, 0.25) is 5.91 Å². The molecule has 0 fully saturated rings.